The molecule has 0 unspecified atom stereocenters. The molecule has 0 amide bonds. The summed E-state index contributed by atoms with van der Waals surface area (Å²) in [6, 6.07) is 13.6. The molecule has 2 aromatic carbocycles. The Morgan fingerprint density at radius 1 is 0.880 bits per heavy atom. The lowest BCUT2D eigenvalue weighted by molar-refractivity contribution is 0.00473. The SMILES string of the molecule is CCc1nnn([C@H]2C[C@@H](n3cnc4c(NCC(c5ccc(O)cc5)c5ccc(O)cc5)nc(N5CC[C@@H](N6CCCC6)C5)nc43)[C@H](O)[C@@H]2O)n1. The highest BCUT2D eigenvalue weighted by atomic mass is 16.3. The standard InChI is InChI=1S/C35H43N11O4/c1-2-29-40-42-46(41-29)28-17-27(31(49)32(28)50)45-20-37-30-33(38-35(39-34(30)45)44-16-13-23(19-44)43-14-3-4-15-43)36-18-26(21-5-9-24(47)10-6-21)22-7-11-25(48)12-8-22/h5-12,20,23,26-28,31-32,47-50H,2-4,13-19H2,1H3,(H,36,38,39)/t23-,27-,28+,31+,32-/m1/s1. The van der Waals surface area contributed by atoms with Crippen LogP contribution in [0.4, 0.5) is 11.8 Å². The molecule has 0 radical (unpaired) electrons. The summed E-state index contributed by atoms with van der Waals surface area (Å²) < 4.78 is 1.85. The molecule has 0 spiro atoms. The second-order valence-electron chi connectivity index (χ2n) is 13.7. The van der Waals surface area contributed by atoms with Gasteiger partial charge in [0, 0.05) is 38.0 Å². The number of tetrazole rings is 1. The number of anilines is 2. The van der Waals surface area contributed by atoms with E-state index in [1.807, 2.05) is 35.8 Å². The van der Waals surface area contributed by atoms with Crippen LogP contribution in [-0.2, 0) is 6.42 Å². The number of aromatic nitrogens is 8. The molecule has 50 heavy (non-hydrogen) atoms. The summed E-state index contributed by atoms with van der Waals surface area (Å²) in [7, 11) is 0. The van der Waals surface area contributed by atoms with Crippen molar-refractivity contribution in [3.63, 3.8) is 0 Å². The van der Waals surface area contributed by atoms with Gasteiger partial charge in [-0.2, -0.15) is 14.8 Å². The molecule has 5 aromatic rings. The van der Waals surface area contributed by atoms with E-state index in [2.05, 4.69) is 30.5 Å². The predicted molar refractivity (Wildman–Crippen MR) is 185 cm³/mol. The maximum Gasteiger partial charge on any atom is 0.229 e. The molecule has 5 N–H and O–H groups in total. The smallest absolute Gasteiger partial charge is 0.229 e. The Hall–Kier alpha value is -4.86. The van der Waals surface area contributed by atoms with E-state index in [-0.39, 0.29) is 17.4 Å². The van der Waals surface area contributed by atoms with Gasteiger partial charge < -0.3 is 35.2 Å². The Morgan fingerprint density at radius 2 is 1.56 bits per heavy atom. The average molecular weight is 682 g/mol. The molecule has 3 aromatic heterocycles. The molecule has 1 saturated carbocycles. The topological polar surface area (TPSA) is 187 Å². The average Bonchev–Trinajstić information content (AvgIpc) is 3.98. The van der Waals surface area contributed by atoms with E-state index in [0.717, 1.165) is 43.7 Å². The van der Waals surface area contributed by atoms with E-state index >= 15 is 0 Å². The zero-order chi connectivity index (χ0) is 34.4. The van der Waals surface area contributed by atoms with Crippen LogP contribution >= 0.6 is 0 Å². The number of aliphatic hydroxyl groups excluding tert-OH is 2. The first-order chi connectivity index (χ1) is 24.4. The van der Waals surface area contributed by atoms with Crippen LogP contribution in [0.25, 0.3) is 11.2 Å². The van der Waals surface area contributed by atoms with Crippen LogP contribution < -0.4 is 10.2 Å². The van der Waals surface area contributed by atoms with Gasteiger partial charge in [-0.05, 0) is 79.4 Å². The van der Waals surface area contributed by atoms with Crippen LogP contribution in [0, 0.1) is 0 Å². The number of nitrogens with zero attached hydrogens (tertiary/aromatic N) is 10. The van der Waals surface area contributed by atoms with Gasteiger partial charge in [-0.25, -0.2) is 4.98 Å². The number of likely N-dealkylation sites (tertiary alicyclic amines) is 1. The normalized spacial score (nSPS) is 24.2. The molecule has 5 heterocycles. The number of phenolic OH excluding ortho intramolecular Hbond substituents is 2. The van der Waals surface area contributed by atoms with Crippen molar-refractivity contribution in [2.75, 3.05) is 42.9 Å². The lowest BCUT2D eigenvalue weighted by Crippen LogP contribution is -2.35. The van der Waals surface area contributed by atoms with Crippen LogP contribution in [-0.4, -0.2) is 116 Å². The van der Waals surface area contributed by atoms with Crippen LogP contribution in [0.1, 0.15) is 67.6 Å². The molecule has 3 aliphatic rings. The minimum atomic E-state index is -1.11. The Labute approximate surface area is 289 Å². The second kappa shape index (κ2) is 13.5. The minimum Gasteiger partial charge on any atom is -0.508 e. The van der Waals surface area contributed by atoms with Gasteiger partial charge in [0.1, 0.15) is 29.7 Å². The fourth-order valence-electron chi connectivity index (χ4n) is 7.81. The highest BCUT2D eigenvalue weighted by Crippen LogP contribution is 2.40. The molecule has 0 bridgehead atoms. The molecular weight excluding hydrogens is 638 g/mol. The number of imidazole rings is 1. The van der Waals surface area contributed by atoms with Crippen molar-refractivity contribution in [3.8, 4) is 11.5 Å². The van der Waals surface area contributed by atoms with E-state index in [4.69, 9.17) is 15.0 Å². The summed E-state index contributed by atoms with van der Waals surface area (Å²) >= 11 is 0. The molecule has 2 aliphatic heterocycles. The second-order valence-corrected chi connectivity index (χ2v) is 13.7. The number of nitrogens with one attached hydrogen (secondary N) is 1. The molecule has 8 rings (SSSR count). The number of rotatable bonds is 10. The van der Waals surface area contributed by atoms with Gasteiger partial charge in [0.2, 0.25) is 5.95 Å². The maximum atomic E-state index is 11.4. The molecule has 2 saturated heterocycles. The molecule has 3 fully saturated rings. The third-order valence-corrected chi connectivity index (χ3v) is 10.6. The number of aliphatic hydroxyl groups is 2. The summed E-state index contributed by atoms with van der Waals surface area (Å²) in [5.74, 6) is 1.95. The van der Waals surface area contributed by atoms with Crippen molar-refractivity contribution in [2.24, 2.45) is 0 Å². The van der Waals surface area contributed by atoms with Crippen LogP contribution in [0.15, 0.2) is 54.9 Å². The maximum absolute atomic E-state index is 11.4. The quantitative estimate of drug-likeness (QED) is 0.145. The van der Waals surface area contributed by atoms with Gasteiger partial charge in [-0.15, -0.1) is 10.2 Å². The van der Waals surface area contributed by atoms with Crippen molar-refractivity contribution in [1.82, 2.24) is 44.6 Å². The number of benzene rings is 2. The zero-order valence-electron chi connectivity index (χ0n) is 28.0. The van der Waals surface area contributed by atoms with E-state index in [1.54, 1.807) is 30.6 Å². The number of hydrogen-bond acceptors (Lipinski definition) is 13. The summed E-state index contributed by atoms with van der Waals surface area (Å²) in [6.45, 7) is 6.28. The predicted octanol–water partition coefficient (Wildman–Crippen LogP) is 2.61. The molecular formula is C35H43N11O4. The highest BCUT2D eigenvalue weighted by Gasteiger charge is 2.45. The van der Waals surface area contributed by atoms with E-state index in [9.17, 15) is 20.4 Å². The number of phenols is 2. The summed E-state index contributed by atoms with van der Waals surface area (Å²) in [4.78, 5) is 21.1. The zero-order valence-corrected chi connectivity index (χ0v) is 28.0. The third-order valence-electron chi connectivity index (χ3n) is 10.6. The molecule has 262 valence electrons. The Kier molecular flexibility index (Phi) is 8.70. The summed E-state index contributed by atoms with van der Waals surface area (Å²) in [5, 5.41) is 58.7. The number of aromatic hydroxyl groups is 2. The Bertz CT molecular complexity index is 1880. The fourth-order valence-corrected chi connectivity index (χ4v) is 7.81. The van der Waals surface area contributed by atoms with E-state index in [0.29, 0.717) is 54.2 Å². The van der Waals surface area contributed by atoms with Gasteiger partial charge >= 0.3 is 0 Å². The lowest BCUT2D eigenvalue weighted by Gasteiger charge is -2.24. The summed E-state index contributed by atoms with van der Waals surface area (Å²) in [5.41, 5.74) is 3.07. The summed E-state index contributed by atoms with van der Waals surface area (Å²) in [6.07, 6.45) is 3.93. The fraction of sp³-hybridized carbons (Fsp3) is 0.486. The number of fused-ring (bicyclic) bond motifs is 1. The van der Waals surface area contributed by atoms with Gasteiger partial charge in [-0.3, -0.25) is 4.90 Å². The van der Waals surface area contributed by atoms with Crippen LogP contribution in [0.2, 0.25) is 0 Å². The monoisotopic (exact) mass is 681 g/mol. The van der Waals surface area contributed by atoms with Crippen molar-refractivity contribution < 1.29 is 20.4 Å². The van der Waals surface area contributed by atoms with Crippen molar-refractivity contribution in [3.05, 3.63) is 71.8 Å². The minimum absolute atomic E-state index is 0.145. The van der Waals surface area contributed by atoms with E-state index < -0.39 is 24.3 Å². The van der Waals surface area contributed by atoms with Crippen molar-refractivity contribution in [2.45, 2.75) is 75.3 Å². The first kappa shape index (κ1) is 32.4. The largest absolute Gasteiger partial charge is 0.508 e. The third kappa shape index (κ3) is 6.09. The van der Waals surface area contributed by atoms with Gasteiger partial charge in [0.25, 0.3) is 0 Å². The van der Waals surface area contributed by atoms with Crippen molar-refractivity contribution >= 4 is 22.9 Å². The molecule has 5 atom stereocenters. The van der Waals surface area contributed by atoms with Crippen molar-refractivity contribution in [1.29, 1.82) is 0 Å². The first-order valence-electron chi connectivity index (χ1n) is 17.6. The van der Waals surface area contributed by atoms with Gasteiger partial charge in [-0.1, -0.05) is 31.2 Å². The Balaban J connectivity index is 1.15. The van der Waals surface area contributed by atoms with Crippen LogP contribution in [0.5, 0.6) is 11.5 Å². The number of aryl methyl sites for hydroxylation is 1. The molecule has 15 heteroatoms. The van der Waals surface area contributed by atoms with Gasteiger partial charge in [0.15, 0.2) is 22.8 Å². The van der Waals surface area contributed by atoms with Crippen LogP contribution in [0.3, 0.4) is 0 Å². The first-order valence-corrected chi connectivity index (χ1v) is 17.6. The lowest BCUT2D eigenvalue weighted by atomic mass is 9.91. The molecule has 1 aliphatic carbocycles. The van der Waals surface area contributed by atoms with Gasteiger partial charge in [0.05, 0.1) is 12.4 Å². The molecule has 15 nitrogen and oxygen atoms in total. The Morgan fingerprint density at radius 3 is 2.22 bits per heavy atom. The van der Waals surface area contributed by atoms with E-state index in [1.165, 1.54) is 17.6 Å². The number of hydrogen-bond donors (Lipinski definition) is 5. The highest BCUT2D eigenvalue weighted by molar-refractivity contribution is 5.84.